The summed E-state index contributed by atoms with van der Waals surface area (Å²) in [5, 5.41) is 0. The lowest BCUT2D eigenvalue weighted by Gasteiger charge is -2.13. The summed E-state index contributed by atoms with van der Waals surface area (Å²) in [6.45, 7) is 2.57. The van der Waals surface area contributed by atoms with Crippen molar-refractivity contribution in [3.05, 3.63) is 29.8 Å². The maximum atomic E-state index is 5.14. The molecule has 1 fully saturated rings. The highest BCUT2D eigenvalue weighted by molar-refractivity contribution is 7.98. The molecule has 16 heavy (non-hydrogen) atoms. The van der Waals surface area contributed by atoms with Gasteiger partial charge in [0.25, 0.3) is 0 Å². The Labute approximate surface area is 102 Å². The van der Waals surface area contributed by atoms with Crippen LogP contribution < -0.4 is 4.74 Å². The third kappa shape index (κ3) is 3.42. The molecule has 0 spiro atoms. The van der Waals surface area contributed by atoms with Gasteiger partial charge in [0.1, 0.15) is 5.75 Å². The van der Waals surface area contributed by atoms with E-state index in [0.29, 0.717) is 0 Å². The van der Waals surface area contributed by atoms with Crippen molar-refractivity contribution < 1.29 is 4.74 Å². The minimum Gasteiger partial charge on any atom is -0.497 e. The van der Waals surface area contributed by atoms with Crippen molar-refractivity contribution >= 4 is 11.8 Å². The summed E-state index contributed by atoms with van der Waals surface area (Å²) in [5.41, 5.74) is 1.38. The Kier molecular flexibility index (Phi) is 4.55. The lowest BCUT2D eigenvalue weighted by Crippen LogP contribution is -2.18. The van der Waals surface area contributed by atoms with Gasteiger partial charge in [0.15, 0.2) is 0 Å². The van der Waals surface area contributed by atoms with E-state index in [1.807, 2.05) is 23.9 Å². The molecule has 0 atom stereocenters. The number of methoxy groups -OCH3 is 1. The molecule has 88 valence electrons. The first kappa shape index (κ1) is 11.8. The molecule has 3 heteroatoms. The number of hydrogen-bond donors (Lipinski definition) is 0. The lowest BCUT2D eigenvalue weighted by molar-refractivity contribution is 0.401. The largest absolute Gasteiger partial charge is 0.497 e. The van der Waals surface area contributed by atoms with Crippen LogP contribution in [0.1, 0.15) is 18.4 Å². The highest BCUT2D eigenvalue weighted by Crippen LogP contribution is 2.18. The van der Waals surface area contributed by atoms with Crippen LogP contribution in [0.2, 0.25) is 0 Å². The van der Waals surface area contributed by atoms with Crippen molar-refractivity contribution in [2.24, 2.45) is 0 Å². The summed E-state index contributed by atoms with van der Waals surface area (Å²) < 4.78 is 5.14. The van der Waals surface area contributed by atoms with E-state index in [4.69, 9.17) is 4.74 Å². The molecule has 1 saturated heterocycles. The van der Waals surface area contributed by atoms with E-state index in [-0.39, 0.29) is 0 Å². The van der Waals surface area contributed by atoms with Crippen LogP contribution in [-0.4, -0.2) is 31.0 Å². The SMILES string of the molecule is COc1ccc(CSCN2CCCC2)cc1. The fraction of sp³-hybridized carbons (Fsp3) is 0.538. The topological polar surface area (TPSA) is 12.5 Å². The molecule has 1 aromatic carbocycles. The molecule has 1 heterocycles. The van der Waals surface area contributed by atoms with Gasteiger partial charge in [-0.25, -0.2) is 0 Å². The van der Waals surface area contributed by atoms with E-state index in [0.717, 1.165) is 11.5 Å². The Morgan fingerprint density at radius 2 is 1.88 bits per heavy atom. The van der Waals surface area contributed by atoms with Crippen molar-refractivity contribution in [3.8, 4) is 5.75 Å². The maximum absolute atomic E-state index is 5.14. The first-order valence-electron chi connectivity index (χ1n) is 5.81. The lowest BCUT2D eigenvalue weighted by atomic mass is 10.2. The number of benzene rings is 1. The fourth-order valence-corrected chi connectivity index (χ4v) is 2.96. The third-order valence-corrected chi connectivity index (χ3v) is 3.99. The summed E-state index contributed by atoms with van der Waals surface area (Å²) >= 11 is 2.00. The highest BCUT2D eigenvalue weighted by atomic mass is 32.2. The second-order valence-electron chi connectivity index (χ2n) is 4.15. The number of thioether (sulfide) groups is 1. The van der Waals surface area contributed by atoms with Crippen molar-refractivity contribution in [2.45, 2.75) is 18.6 Å². The van der Waals surface area contributed by atoms with Crippen LogP contribution in [0, 0.1) is 0 Å². The van der Waals surface area contributed by atoms with Crippen LogP contribution in [0.5, 0.6) is 5.75 Å². The number of ether oxygens (including phenoxy) is 1. The van der Waals surface area contributed by atoms with Gasteiger partial charge in [-0.15, -0.1) is 11.8 Å². The molecule has 0 bridgehead atoms. The molecule has 1 aliphatic rings. The number of likely N-dealkylation sites (tertiary alicyclic amines) is 1. The minimum absolute atomic E-state index is 0.938. The van der Waals surface area contributed by atoms with Crippen LogP contribution in [0.3, 0.4) is 0 Å². The van der Waals surface area contributed by atoms with E-state index in [1.54, 1.807) is 7.11 Å². The van der Waals surface area contributed by atoms with Gasteiger partial charge in [-0.2, -0.15) is 0 Å². The molecule has 0 radical (unpaired) electrons. The van der Waals surface area contributed by atoms with Crippen LogP contribution in [0.25, 0.3) is 0 Å². The average molecular weight is 237 g/mol. The molecule has 0 aromatic heterocycles. The molecule has 0 N–H and O–H groups in total. The standard InChI is InChI=1S/C13H19NOS/c1-15-13-6-4-12(5-7-13)10-16-11-14-8-2-3-9-14/h4-7H,2-3,8-11H2,1H3. The third-order valence-electron chi connectivity index (χ3n) is 2.90. The van der Waals surface area contributed by atoms with Crippen molar-refractivity contribution in [3.63, 3.8) is 0 Å². The Bertz CT molecular complexity index is 306. The van der Waals surface area contributed by atoms with Gasteiger partial charge in [0, 0.05) is 11.6 Å². The summed E-state index contributed by atoms with van der Waals surface area (Å²) in [5.74, 6) is 3.21. The molecular formula is C13H19NOS. The Hall–Kier alpha value is -0.670. The predicted octanol–water partition coefficient (Wildman–Crippen LogP) is 2.98. The van der Waals surface area contributed by atoms with Gasteiger partial charge in [0.2, 0.25) is 0 Å². The molecule has 1 aliphatic heterocycles. The van der Waals surface area contributed by atoms with E-state index >= 15 is 0 Å². The summed E-state index contributed by atoms with van der Waals surface area (Å²) in [4.78, 5) is 2.54. The second-order valence-corrected chi connectivity index (χ2v) is 5.11. The summed E-state index contributed by atoms with van der Waals surface area (Å²) in [7, 11) is 1.71. The fourth-order valence-electron chi connectivity index (χ4n) is 1.93. The molecule has 1 aromatic rings. The summed E-state index contributed by atoms with van der Waals surface area (Å²) in [6, 6.07) is 8.36. The molecule has 2 rings (SSSR count). The van der Waals surface area contributed by atoms with Gasteiger partial charge in [-0.1, -0.05) is 12.1 Å². The normalized spacial score (nSPS) is 16.6. The van der Waals surface area contributed by atoms with E-state index in [2.05, 4.69) is 17.0 Å². The smallest absolute Gasteiger partial charge is 0.118 e. The van der Waals surface area contributed by atoms with Gasteiger partial charge >= 0.3 is 0 Å². The quantitative estimate of drug-likeness (QED) is 0.781. The monoisotopic (exact) mass is 237 g/mol. The van der Waals surface area contributed by atoms with Gasteiger partial charge in [0.05, 0.1) is 7.11 Å². The van der Waals surface area contributed by atoms with Crippen molar-refractivity contribution in [2.75, 3.05) is 26.1 Å². The van der Waals surface area contributed by atoms with Crippen LogP contribution in [0.15, 0.2) is 24.3 Å². The number of hydrogen-bond acceptors (Lipinski definition) is 3. The highest BCUT2D eigenvalue weighted by Gasteiger charge is 2.10. The molecule has 2 nitrogen and oxygen atoms in total. The number of rotatable bonds is 5. The van der Waals surface area contributed by atoms with Gasteiger partial charge in [-0.05, 0) is 43.6 Å². The molecule has 0 amide bonds. The van der Waals surface area contributed by atoms with Crippen molar-refractivity contribution in [1.29, 1.82) is 0 Å². The second kappa shape index (κ2) is 6.16. The zero-order valence-corrected chi connectivity index (χ0v) is 10.6. The zero-order valence-electron chi connectivity index (χ0n) is 9.82. The van der Waals surface area contributed by atoms with Crippen LogP contribution >= 0.6 is 11.8 Å². The summed E-state index contributed by atoms with van der Waals surface area (Å²) in [6.07, 6.45) is 2.76. The molecule has 0 aliphatic carbocycles. The maximum Gasteiger partial charge on any atom is 0.118 e. The van der Waals surface area contributed by atoms with E-state index in [1.165, 1.54) is 37.4 Å². The zero-order chi connectivity index (χ0) is 11.2. The van der Waals surface area contributed by atoms with Crippen LogP contribution in [-0.2, 0) is 5.75 Å². The minimum atomic E-state index is 0.938. The molecule has 0 saturated carbocycles. The van der Waals surface area contributed by atoms with Gasteiger partial charge in [-0.3, -0.25) is 4.90 Å². The Balaban J connectivity index is 1.71. The molecule has 0 unspecified atom stereocenters. The Morgan fingerprint density at radius 1 is 1.19 bits per heavy atom. The van der Waals surface area contributed by atoms with Gasteiger partial charge < -0.3 is 4.74 Å². The Morgan fingerprint density at radius 3 is 2.50 bits per heavy atom. The van der Waals surface area contributed by atoms with Crippen molar-refractivity contribution in [1.82, 2.24) is 4.90 Å². The number of nitrogens with zero attached hydrogens (tertiary/aromatic N) is 1. The first-order valence-corrected chi connectivity index (χ1v) is 6.97. The first-order chi connectivity index (χ1) is 7.88. The van der Waals surface area contributed by atoms with E-state index < -0.39 is 0 Å². The predicted molar refractivity (Wildman–Crippen MR) is 70.0 cm³/mol. The average Bonchev–Trinajstić information content (AvgIpc) is 2.83. The van der Waals surface area contributed by atoms with Crippen LogP contribution in [0.4, 0.5) is 0 Å². The van der Waals surface area contributed by atoms with E-state index in [9.17, 15) is 0 Å². The molecular weight excluding hydrogens is 218 g/mol.